The maximum absolute atomic E-state index is 13.9. The van der Waals surface area contributed by atoms with Crippen LogP contribution in [0.2, 0.25) is 0 Å². The van der Waals surface area contributed by atoms with Crippen LogP contribution in [0.5, 0.6) is 17.2 Å². The van der Waals surface area contributed by atoms with Gasteiger partial charge in [-0.3, -0.25) is 9.36 Å². The molecule has 0 amide bonds. The third-order valence-corrected chi connectivity index (χ3v) is 7.25. The summed E-state index contributed by atoms with van der Waals surface area (Å²) in [5.41, 5.74) is 3.00. The molecular formula is C28H31N3O6S. The van der Waals surface area contributed by atoms with Crippen molar-refractivity contribution >= 4 is 29.1 Å². The van der Waals surface area contributed by atoms with Crippen molar-refractivity contribution < 1.29 is 23.7 Å². The van der Waals surface area contributed by atoms with Crippen molar-refractivity contribution in [1.29, 1.82) is 0 Å². The average molecular weight is 538 g/mol. The first-order valence-electron chi connectivity index (χ1n) is 12.0. The van der Waals surface area contributed by atoms with E-state index in [0.29, 0.717) is 43.4 Å². The zero-order valence-electron chi connectivity index (χ0n) is 22.5. The SMILES string of the molecule is CCOC(=O)C1=C(C)N=c2s/c(=C/c3cc(OC)c(OC)cc3OC)c(=O)n2C1c1ccc(N(C)C)cc1. The molecular weight excluding hydrogens is 506 g/mol. The predicted molar refractivity (Wildman–Crippen MR) is 147 cm³/mol. The first kappa shape index (κ1) is 27.0. The fourth-order valence-electron chi connectivity index (χ4n) is 4.37. The summed E-state index contributed by atoms with van der Waals surface area (Å²) in [6.07, 6.45) is 1.74. The Labute approximate surface area is 224 Å². The van der Waals surface area contributed by atoms with Crippen LogP contribution in [0.1, 0.15) is 31.0 Å². The molecule has 0 N–H and O–H groups in total. The van der Waals surface area contributed by atoms with E-state index in [-0.39, 0.29) is 12.2 Å². The van der Waals surface area contributed by atoms with Crippen molar-refractivity contribution in [3.8, 4) is 17.2 Å². The van der Waals surface area contributed by atoms with E-state index in [1.165, 1.54) is 11.3 Å². The lowest BCUT2D eigenvalue weighted by molar-refractivity contribution is -0.139. The first-order valence-corrected chi connectivity index (χ1v) is 12.8. The lowest BCUT2D eigenvalue weighted by Crippen LogP contribution is -2.40. The van der Waals surface area contributed by atoms with Crippen LogP contribution < -0.4 is 34.0 Å². The minimum atomic E-state index is -0.684. The second kappa shape index (κ2) is 11.1. The molecule has 0 saturated heterocycles. The summed E-state index contributed by atoms with van der Waals surface area (Å²) in [4.78, 5) is 34.1. The number of methoxy groups -OCH3 is 3. The van der Waals surface area contributed by atoms with Gasteiger partial charge in [0.1, 0.15) is 5.75 Å². The van der Waals surface area contributed by atoms with Crippen LogP contribution >= 0.6 is 11.3 Å². The van der Waals surface area contributed by atoms with Crippen LogP contribution in [-0.2, 0) is 9.53 Å². The van der Waals surface area contributed by atoms with E-state index in [1.54, 1.807) is 58.0 Å². The van der Waals surface area contributed by atoms with E-state index in [1.807, 2.05) is 43.3 Å². The van der Waals surface area contributed by atoms with Crippen LogP contribution in [-0.4, -0.2) is 52.6 Å². The Balaban J connectivity index is 1.95. The zero-order chi connectivity index (χ0) is 27.6. The van der Waals surface area contributed by atoms with Gasteiger partial charge in [-0.1, -0.05) is 23.5 Å². The number of carbonyl (C=O) groups is 1. The van der Waals surface area contributed by atoms with Gasteiger partial charge in [0.05, 0.1) is 49.8 Å². The molecule has 4 rings (SSSR count). The van der Waals surface area contributed by atoms with Crippen LogP contribution in [0.4, 0.5) is 5.69 Å². The molecule has 0 spiro atoms. The van der Waals surface area contributed by atoms with Crippen molar-refractivity contribution in [3.63, 3.8) is 0 Å². The predicted octanol–water partition coefficient (Wildman–Crippen LogP) is 2.89. The Bertz CT molecular complexity index is 1570. The molecule has 3 aromatic rings. The number of thiazole rings is 1. The number of hydrogen-bond acceptors (Lipinski definition) is 9. The molecule has 2 heterocycles. The van der Waals surface area contributed by atoms with Gasteiger partial charge in [0.25, 0.3) is 5.56 Å². The largest absolute Gasteiger partial charge is 0.496 e. The normalized spacial score (nSPS) is 15.0. The fraction of sp³-hybridized carbons (Fsp3) is 0.321. The van der Waals surface area contributed by atoms with Gasteiger partial charge in [-0.25, -0.2) is 9.79 Å². The van der Waals surface area contributed by atoms with E-state index in [2.05, 4.69) is 4.99 Å². The van der Waals surface area contributed by atoms with E-state index in [4.69, 9.17) is 18.9 Å². The number of anilines is 1. The van der Waals surface area contributed by atoms with Gasteiger partial charge < -0.3 is 23.8 Å². The summed E-state index contributed by atoms with van der Waals surface area (Å²) in [6.45, 7) is 3.73. The van der Waals surface area contributed by atoms with Crippen molar-refractivity contribution in [2.45, 2.75) is 19.9 Å². The minimum absolute atomic E-state index is 0.214. The lowest BCUT2D eigenvalue weighted by atomic mass is 9.95. The molecule has 38 heavy (non-hydrogen) atoms. The van der Waals surface area contributed by atoms with Gasteiger partial charge in [-0.2, -0.15) is 0 Å². The van der Waals surface area contributed by atoms with Crippen molar-refractivity contribution in [2.75, 3.05) is 46.9 Å². The van der Waals surface area contributed by atoms with Gasteiger partial charge in [0.15, 0.2) is 16.3 Å². The molecule has 0 fully saturated rings. The lowest BCUT2D eigenvalue weighted by Gasteiger charge is -2.25. The third kappa shape index (κ3) is 4.91. The van der Waals surface area contributed by atoms with Crippen LogP contribution in [0.3, 0.4) is 0 Å². The molecule has 9 nitrogen and oxygen atoms in total. The molecule has 10 heteroatoms. The highest BCUT2D eigenvalue weighted by atomic mass is 32.1. The quantitative estimate of drug-likeness (QED) is 0.408. The number of hydrogen-bond donors (Lipinski definition) is 0. The monoisotopic (exact) mass is 537 g/mol. The maximum atomic E-state index is 13.9. The average Bonchev–Trinajstić information content (AvgIpc) is 3.21. The standard InChI is InChI=1S/C28H31N3O6S/c1-8-37-27(33)24-16(2)29-28-31(25(24)17-9-11-19(12-10-17)30(3)4)26(32)23(38-28)14-18-13-21(35-6)22(36-7)15-20(18)34-5/h9-15,25H,8H2,1-7H3/b23-14+. The van der Waals surface area contributed by atoms with Gasteiger partial charge in [-0.15, -0.1) is 0 Å². The summed E-state index contributed by atoms with van der Waals surface area (Å²) < 4.78 is 23.7. The van der Waals surface area contributed by atoms with Gasteiger partial charge in [-0.05, 0) is 43.7 Å². The highest BCUT2D eigenvalue weighted by molar-refractivity contribution is 7.07. The minimum Gasteiger partial charge on any atom is -0.496 e. The van der Waals surface area contributed by atoms with Crippen molar-refractivity contribution in [2.24, 2.45) is 4.99 Å². The number of fused-ring (bicyclic) bond motifs is 1. The topological polar surface area (TPSA) is 91.6 Å². The van der Waals surface area contributed by atoms with E-state index in [0.717, 1.165) is 11.3 Å². The number of esters is 1. The number of allylic oxidation sites excluding steroid dienone is 1. The molecule has 1 aromatic heterocycles. The molecule has 1 aliphatic heterocycles. The summed E-state index contributed by atoms with van der Waals surface area (Å²) in [5.74, 6) is 1.05. The van der Waals surface area contributed by atoms with Gasteiger partial charge in [0, 0.05) is 31.4 Å². The molecule has 1 unspecified atom stereocenters. The second-order valence-corrected chi connectivity index (χ2v) is 9.75. The molecule has 1 atom stereocenters. The number of ether oxygens (including phenoxy) is 4. The first-order chi connectivity index (χ1) is 18.2. The van der Waals surface area contributed by atoms with Crippen LogP contribution in [0.25, 0.3) is 6.08 Å². The fourth-order valence-corrected chi connectivity index (χ4v) is 5.41. The molecule has 0 bridgehead atoms. The smallest absolute Gasteiger partial charge is 0.338 e. The third-order valence-electron chi connectivity index (χ3n) is 6.26. The molecule has 0 aliphatic carbocycles. The highest BCUT2D eigenvalue weighted by Gasteiger charge is 2.33. The van der Waals surface area contributed by atoms with Crippen molar-refractivity contribution in [1.82, 2.24) is 4.57 Å². The summed E-state index contributed by atoms with van der Waals surface area (Å²) in [6, 6.07) is 10.5. The Hall–Kier alpha value is -4.05. The highest BCUT2D eigenvalue weighted by Crippen LogP contribution is 2.35. The second-order valence-electron chi connectivity index (χ2n) is 8.74. The Morgan fingerprint density at radius 2 is 1.68 bits per heavy atom. The van der Waals surface area contributed by atoms with Crippen molar-refractivity contribution in [3.05, 3.63) is 78.5 Å². The number of carbonyl (C=O) groups excluding carboxylic acids is 1. The number of aromatic nitrogens is 1. The molecule has 1 aliphatic rings. The Morgan fingerprint density at radius 3 is 2.26 bits per heavy atom. The van der Waals surface area contributed by atoms with Gasteiger partial charge >= 0.3 is 5.97 Å². The van der Waals surface area contributed by atoms with Gasteiger partial charge in [0.2, 0.25) is 0 Å². The molecule has 2 aromatic carbocycles. The van der Waals surface area contributed by atoms with Crippen LogP contribution in [0, 0.1) is 0 Å². The number of rotatable bonds is 8. The Kier molecular flexibility index (Phi) is 7.91. The molecule has 0 saturated carbocycles. The summed E-state index contributed by atoms with van der Waals surface area (Å²) in [5, 5.41) is 0. The van der Waals surface area contributed by atoms with E-state index >= 15 is 0 Å². The van der Waals surface area contributed by atoms with E-state index < -0.39 is 12.0 Å². The number of benzene rings is 2. The van der Waals surface area contributed by atoms with Crippen LogP contribution in [0.15, 0.2) is 57.5 Å². The number of nitrogens with zero attached hydrogens (tertiary/aromatic N) is 3. The Morgan fingerprint density at radius 1 is 1.05 bits per heavy atom. The molecule has 0 radical (unpaired) electrons. The summed E-state index contributed by atoms with van der Waals surface area (Å²) in [7, 11) is 8.54. The summed E-state index contributed by atoms with van der Waals surface area (Å²) >= 11 is 1.24. The zero-order valence-corrected chi connectivity index (χ0v) is 23.3. The maximum Gasteiger partial charge on any atom is 0.338 e. The van der Waals surface area contributed by atoms with E-state index in [9.17, 15) is 9.59 Å². The molecule has 200 valence electrons.